The Morgan fingerprint density at radius 2 is 2.40 bits per heavy atom. The normalized spacial score (nSPS) is 29.4. The SMILES string of the molecule is CCC1(C(C)=O)C=CC=N1. The highest BCUT2D eigenvalue weighted by Gasteiger charge is 2.30. The van der Waals surface area contributed by atoms with Gasteiger partial charge in [-0.1, -0.05) is 6.92 Å². The summed E-state index contributed by atoms with van der Waals surface area (Å²) in [4.78, 5) is 15.1. The highest BCUT2D eigenvalue weighted by Crippen LogP contribution is 2.21. The average Bonchev–Trinajstić information content (AvgIpc) is 2.35. The van der Waals surface area contributed by atoms with Gasteiger partial charge < -0.3 is 0 Å². The molecule has 0 aromatic heterocycles. The van der Waals surface area contributed by atoms with Crippen molar-refractivity contribution >= 4 is 12.0 Å². The predicted octanol–water partition coefficient (Wildman–Crippen LogP) is 1.36. The molecule has 1 aliphatic rings. The lowest BCUT2D eigenvalue weighted by Gasteiger charge is -2.17. The minimum atomic E-state index is -0.514. The van der Waals surface area contributed by atoms with Crippen LogP contribution in [0, 0.1) is 0 Å². The van der Waals surface area contributed by atoms with Crippen LogP contribution >= 0.6 is 0 Å². The molecule has 0 saturated heterocycles. The van der Waals surface area contributed by atoms with Crippen molar-refractivity contribution in [3.05, 3.63) is 12.2 Å². The van der Waals surface area contributed by atoms with Crippen LogP contribution in [0.15, 0.2) is 17.1 Å². The Morgan fingerprint density at radius 3 is 2.60 bits per heavy atom. The third-order valence-corrected chi connectivity index (χ3v) is 1.91. The monoisotopic (exact) mass is 137 g/mol. The van der Waals surface area contributed by atoms with E-state index in [1.54, 1.807) is 13.1 Å². The summed E-state index contributed by atoms with van der Waals surface area (Å²) in [5.74, 6) is 0.125. The zero-order valence-corrected chi connectivity index (χ0v) is 6.29. The van der Waals surface area contributed by atoms with Gasteiger partial charge in [0.05, 0.1) is 0 Å². The molecule has 1 heterocycles. The van der Waals surface area contributed by atoms with Gasteiger partial charge in [0, 0.05) is 6.21 Å². The molecular formula is C8H11NO. The van der Waals surface area contributed by atoms with E-state index in [9.17, 15) is 4.79 Å². The molecule has 0 N–H and O–H groups in total. The van der Waals surface area contributed by atoms with Gasteiger partial charge in [0.1, 0.15) is 5.54 Å². The number of carbonyl (C=O) groups excluding carboxylic acids is 1. The second-order valence-corrected chi connectivity index (χ2v) is 2.47. The van der Waals surface area contributed by atoms with Crippen LogP contribution in [0.1, 0.15) is 20.3 Å². The Bertz CT molecular complexity index is 191. The Hall–Kier alpha value is -0.920. The first kappa shape index (κ1) is 7.19. The highest BCUT2D eigenvalue weighted by molar-refractivity contribution is 5.94. The van der Waals surface area contributed by atoms with Gasteiger partial charge in [-0.25, -0.2) is 0 Å². The first-order valence-corrected chi connectivity index (χ1v) is 3.45. The molecule has 0 bridgehead atoms. The molecular weight excluding hydrogens is 126 g/mol. The molecule has 0 amide bonds. The Labute approximate surface area is 60.7 Å². The van der Waals surface area contributed by atoms with E-state index in [0.29, 0.717) is 0 Å². The molecule has 1 unspecified atom stereocenters. The maximum absolute atomic E-state index is 11.0. The second kappa shape index (κ2) is 2.37. The number of hydrogen-bond acceptors (Lipinski definition) is 2. The summed E-state index contributed by atoms with van der Waals surface area (Å²) in [6, 6.07) is 0. The smallest absolute Gasteiger partial charge is 0.161 e. The van der Waals surface area contributed by atoms with Crippen LogP contribution in [0.25, 0.3) is 0 Å². The average molecular weight is 137 g/mol. The molecule has 10 heavy (non-hydrogen) atoms. The molecule has 0 aromatic rings. The Morgan fingerprint density at radius 1 is 1.70 bits per heavy atom. The van der Waals surface area contributed by atoms with Gasteiger partial charge in [-0.15, -0.1) is 0 Å². The molecule has 2 nitrogen and oxygen atoms in total. The number of allylic oxidation sites excluding steroid dienone is 1. The van der Waals surface area contributed by atoms with Gasteiger partial charge in [0.2, 0.25) is 0 Å². The van der Waals surface area contributed by atoms with Crippen LogP contribution < -0.4 is 0 Å². The summed E-state index contributed by atoms with van der Waals surface area (Å²) in [6.07, 6.45) is 6.13. The van der Waals surface area contributed by atoms with Crippen molar-refractivity contribution in [1.29, 1.82) is 0 Å². The standard InChI is InChI=1S/C8H11NO/c1-3-8(7(2)10)5-4-6-9-8/h4-6H,3H2,1-2H3. The Kier molecular flexibility index (Phi) is 1.70. The summed E-state index contributed by atoms with van der Waals surface area (Å²) in [7, 11) is 0. The number of Topliss-reactive ketones (excluding diaryl/α,β-unsaturated/α-hetero) is 1. The van der Waals surface area contributed by atoms with E-state index in [1.807, 2.05) is 19.1 Å². The van der Waals surface area contributed by atoms with Crippen LogP contribution in [0.5, 0.6) is 0 Å². The number of rotatable bonds is 2. The van der Waals surface area contributed by atoms with Crippen LogP contribution in [0.4, 0.5) is 0 Å². The van der Waals surface area contributed by atoms with Crippen molar-refractivity contribution in [1.82, 2.24) is 0 Å². The largest absolute Gasteiger partial charge is 0.297 e. The van der Waals surface area contributed by atoms with Crippen LogP contribution in [-0.4, -0.2) is 17.5 Å². The first-order chi connectivity index (χ1) is 4.71. The molecule has 1 atom stereocenters. The number of nitrogens with zero attached hydrogens (tertiary/aromatic N) is 1. The number of hydrogen-bond donors (Lipinski definition) is 0. The van der Waals surface area contributed by atoms with Gasteiger partial charge >= 0.3 is 0 Å². The van der Waals surface area contributed by atoms with Gasteiger partial charge in [0.25, 0.3) is 0 Å². The number of ketones is 1. The third-order valence-electron chi connectivity index (χ3n) is 1.91. The van der Waals surface area contributed by atoms with E-state index in [0.717, 1.165) is 6.42 Å². The zero-order chi connectivity index (χ0) is 7.61. The van der Waals surface area contributed by atoms with E-state index in [4.69, 9.17) is 0 Å². The predicted molar refractivity (Wildman–Crippen MR) is 41.3 cm³/mol. The first-order valence-electron chi connectivity index (χ1n) is 3.45. The molecule has 0 aromatic carbocycles. The van der Waals surface area contributed by atoms with E-state index < -0.39 is 5.54 Å². The van der Waals surface area contributed by atoms with Crippen LogP contribution in [0.2, 0.25) is 0 Å². The molecule has 0 saturated carbocycles. The summed E-state index contributed by atoms with van der Waals surface area (Å²) < 4.78 is 0. The fourth-order valence-corrected chi connectivity index (χ4v) is 1.09. The van der Waals surface area contributed by atoms with Crippen molar-refractivity contribution in [2.45, 2.75) is 25.8 Å². The summed E-state index contributed by atoms with van der Waals surface area (Å²) in [5.41, 5.74) is -0.514. The van der Waals surface area contributed by atoms with Gasteiger partial charge in [-0.2, -0.15) is 0 Å². The lowest BCUT2D eigenvalue weighted by atomic mass is 9.93. The number of carbonyl (C=O) groups is 1. The fraction of sp³-hybridized carbons (Fsp3) is 0.500. The molecule has 0 aliphatic carbocycles. The lowest BCUT2D eigenvalue weighted by molar-refractivity contribution is -0.120. The molecule has 54 valence electrons. The molecule has 1 aliphatic heterocycles. The van der Waals surface area contributed by atoms with Gasteiger partial charge in [0.15, 0.2) is 5.78 Å². The topological polar surface area (TPSA) is 29.4 Å². The minimum absolute atomic E-state index is 0.125. The zero-order valence-electron chi connectivity index (χ0n) is 6.29. The second-order valence-electron chi connectivity index (χ2n) is 2.47. The van der Waals surface area contributed by atoms with Crippen molar-refractivity contribution in [2.75, 3.05) is 0 Å². The summed E-state index contributed by atoms with van der Waals surface area (Å²) >= 11 is 0. The third kappa shape index (κ3) is 0.897. The van der Waals surface area contributed by atoms with Crippen molar-refractivity contribution < 1.29 is 4.79 Å². The maximum atomic E-state index is 11.0. The van der Waals surface area contributed by atoms with E-state index in [1.165, 1.54) is 0 Å². The fourth-order valence-electron chi connectivity index (χ4n) is 1.09. The maximum Gasteiger partial charge on any atom is 0.161 e. The van der Waals surface area contributed by atoms with Gasteiger partial charge in [-0.05, 0) is 25.5 Å². The highest BCUT2D eigenvalue weighted by atomic mass is 16.1. The van der Waals surface area contributed by atoms with Crippen molar-refractivity contribution in [2.24, 2.45) is 4.99 Å². The van der Waals surface area contributed by atoms with E-state index in [2.05, 4.69) is 4.99 Å². The molecule has 0 spiro atoms. The quantitative estimate of drug-likeness (QED) is 0.565. The molecule has 0 fully saturated rings. The molecule has 2 heteroatoms. The van der Waals surface area contributed by atoms with Crippen molar-refractivity contribution in [3.63, 3.8) is 0 Å². The van der Waals surface area contributed by atoms with E-state index >= 15 is 0 Å². The lowest BCUT2D eigenvalue weighted by Crippen LogP contribution is -2.29. The Balaban J connectivity index is 2.90. The molecule has 1 rings (SSSR count). The van der Waals surface area contributed by atoms with Gasteiger partial charge in [-0.3, -0.25) is 9.79 Å². The summed E-state index contributed by atoms with van der Waals surface area (Å²) in [5, 5.41) is 0. The number of aliphatic imine (C=N–C) groups is 1. The van der Waals surface area contributed by atoms with Crippen molar-refractivity contribution in [3.8, 4) is 0 Å². The minimum Gasteiger partial charge on any atom is -0.297 e. The van der Waals surface area contributed by atoms with Crippen LogP contribution in [0.3, 0.4) is 0 Å². The summed E-state index contributed by atoms with van der Waals surface area (Å²) in [6.45, 7) is 3.55. The molecule has 0 radical (unpaired) electrons. The van der Waals surface area contributed by atoms with E-state index in [-0.39, 0.29) is 5.78 Å². The van der Waals surface area contributed by atoms with Crippen LogP contribution in [-0.2, 0) is 4.79 Å².